The van der Waals surface area contributed by atoms with E-state index in [0.29, 0.717) is 11.1 Å². The quantitative estimate of drug-likeness (QED) is 0.802. The normalized spacial score (nSPS) is 17.2. The number of carbonyl (C=O) groups is 1. The maximum absolute atomic E-state index is 10.5. The smallest absolute Gasteiger partial charge is 0.313 e. The summed E-state index contributed by atoms with van der Waals surface area (Å²) in [7, 11) is 0. The molecule has 0 bridgehead atoms. The molecule has 1 aromatic heterocycles. The summed E-state index contributed by atoms with van der Waals surface area (Å²) in [5, 5.41) is 20.6. The SMILES string of the molecule is O=C(O)CSc1nnnn1CC1CCSCC1. The van der Waals surface area contributed by atoms with Gasteiger partial charge in [0.1, 0.15) is 0 Å². The molecule has 0 atom stereocenters. The molecule has 0 aromatic carbocycles. The zero-order valence-electron chi connectivity index (χ0n) is 9.28. The summed E-state index contributed by atoms with van der Waals surface area (Å²) in [6.45, 7) is 0.801. The Labute approximate surface area is 108 Å². The van der Waals surface area contributed by atoms with Crippen molar-refractivity contribution in [2.45, 2.75) is 24.5 Å². The highest BCUT2D eigenvalue weighted by Crippen LogP contribution is 2.25. The lowest BCUT2D eigenvalue weighted by Gasteiger charge is -2.20. The van der Waals surface area contributed by atoms with Crippen LogP contribution in [-0.4, -0.2) is 48.5 Å². The lowest BCUT2D eigenvalue weighted by atomic mass is 10.0. The Hall–Kier alpha value is -0.760. The number of aromatic nitrogens is 4. The van der Waals surface area contributed by atoms with Gasteiger partial charge in [-0.2, -0.15) is 11.8 Å². The second kappa shape index (κ2) is 6.25. The van der Waals surface area contributed by atoms with E-state index < -0.39 is 5.97 Å². The molecule has 1 saturated heterocycles. The minimum Gasteiger partial charge on any atom is -0.481 e. The molecule has 2 rings (SSSR count). The van der Waals surface area contributed by atoms with E-state index >= 15 is 0 Å². The van der Waals surface area contributed by atoms with Crippen LogP contribution in [0.3, 0.4) is 0 Å². The lowest BCUT2D eigenvalue weighted by molar-refractivity contribution is -0.133. The highest BCUT2D eigenvalue weighted by molar-refractivity contribution is 7.99. The van der Waals surface area contributed by atoms with Crippen molar-refractivity contribution in [3.8, 4) is 0 Å². The van der Waals surface area contributed by atoms with Crippen molar-refractivity contribution >= 4 is 29.5 Å². The Morgan fingerprint density at radius 2 is 2.29 bits per heavy atom. The summed E-state index contributed by atoms with van der Waals surface area (Å²) in [6, 6.07) is 0. The maximum Gasteiger partial charge on any atom is 0.313 e. The first kappa shape index (κ1) is 12.7. The molecule has 0 saturated carbocycles. The molecule has 0 amide bonds. The van der Waals surface area contributed by atoms with Gasteiger partial charge in [0.25, 0.3) is 0 Å². The van der Waals surface area contributed by atoms with Gasteiger partial charge in [-0.3, -0.25) is 4.79 Å². The van der Waals surface area contributed by atoms with Crippen LogP contribution < -0.4 is 0 Å². The van der Waals surface area contributed by atoms with Crippen LogP contribution in [0.2, 0.25) is 0 Å². The number of tetrazole rings is 1. The van der Waals surface area contributed by atoms with Gasteiger partial charge in [0, 0.05) is 6.54 Å². The first-order valence-electron chi connectivity index (χ1n) is 5.44. The predicted molar refractivity (Wildman–Crippen MR) is 66.2 cm³/mol. The lowest BCUT2D eigenvalue weighted by Crippen LogP contribution is -2.18. The van der Waals surface area contributed by atoms with E-state index in [9.17, 15) is 4.79 Å². The number of rotatable bonds is 5. The van der Waals surface area contributed by atoms with E-state index in [1.54, 1.807) is 4.68 Å². The molecule has 17 heavy (non-hydrogen) atoms. The Bertz CT molecular complexity index is 379. The van der Waals surface area contributed by atoms with Crippen LogP contribution >= 0.6 is 23.5 Å². The van der Waals surface area contributed by atoms with Gasteiger partial charge in [0.15, 0.2) is 0 Å². The van der Waals surface area contributed by atoms with E-state index in [2.05, 4.69) is 15.5 Å². The summed E-state index contributed by atoms with van der Waals surface area (Å²) in [5.41, 5.74) is 0. The Morgan fingerprint density at radius 3 is 3.00 bits per heavy atom. The third-order valence-electron chi connectivity index (χ3n) is 2.60. The van der Waals surface area contributed by atoms with E-state index in [1.165, 1.54) is 36.1 Å². The van der Waals surface area contributed by atoms with Crippen molar-refractivity contribution in [1.82, 2.24) is 20.2 Å². The highest BCUT2D eigenvalue weighted by Gasteiger charge is 2.17. The number of aliphatic carboxylic acids is 1. The van der Waals surface area contributed by atoms with E-state index in [-0.39, 0.29) is 5.75 Å². The number of hydrogen-bond donors (Lipinski definition) is 1. The molecule has 1 fully saturated rings. The zero-order valence-corrected chi connectivity index (χ0v) is 10.9. The molecule has 1 aliphatic rings. The van der Waals surface area contributed by atoms with Gasteiger partial charge in [-0.15, -0.1) is 5.10 Å². The molecule has 0 spiro atoms. The van der Waals surface area contributed by atoms with E-state index in [1.807, 2.05) is 11.8 Å². The second-order valence-corrected chi connectivity index (χ2v) is 6.05. The molecular formula is C9H14N4O2S2. The molecule has 1 aromatic rings. The fraction of sp³-hybridized carbons (Fsp3) is 0.778. The van der Waals surface area contributed by atoms with Crippen LogP contribution in [0.25, 0.3) is 0 Å². The van der Waals surface area contributed by atoms with Crippen LogP contribution in [0, 0.1) is 5.92 Å². The first-order chi connectivity index (χ1) is 8.25. The largest absolute Gasteiger partial charge is 0.481 e. The monoisotopic (exact) mass is 274 g/mol. The van der Waals surface area contributed by atoms with Crippen LogP contribution in [0.15, 0.2) is 5.16 Å². The van der Waals surface area contributed by atoms with Crippen LogP contribution in [-0.2, 0) is 11.3 Å². The number of carboxylic acid groups (broad SMARTS) is 1. The average Bonchev–Trinajstić information content (AvgIpc) is 2.75. The summed E-state index contributed by atoms with van der Waals surface area (Å²) in [4.78, 5) is 10.5. The van der Waals surface area contributed by atoms with Gasteiger partial charge in [-0.25, -0.2) is 4.68 Å². The maximum atomic E-state index is 10.5. The molecular weight excluding hydrogens is 260 g/mol. The van der Waals surface area contributed by atoms with Crippen LogP contribution in [0.1, 0.15) is 12.8 Å². The van der Waals surface area contributed by atoms with Crippen molar-refractivity contribution in [2.75, 3.05) is 17.3 Å². The van der Waals surface area contributed by atoms with Gasteiger partial charge >= 0.3 is 5.97 Å². The Morgan fingerprint density at radius 1 is 1.53 bits per heavy atom. The van der Waals surface area contributed by atoms with Crippen molar-refractivity contribution in [1.29, 1.82) is 0 Å². The van der Waals surface area contributed by atoms with Gasteiger partial charge in [-0.05, 0) is 40.7 Å². The van der Waals surface area contributed by atoms with E-state index in [4.69, 9.17) is 5.11 Å². The Kier molecular flexibility index (Phi) is 4.66. The third-order valence-corrected chi connectivity index (χ3v) is 4.59. The summed E-state index contributed by atoms with van der Waals surface area (Å²) >= 11 is 3.16. The third kappa shape index (κ3) is 3.88. The molecule has 94 valence electrons. The van der Waals surface area contributed by atoms with Crippen molar-refractivity contribution < 1.29 is 9.90 Å². The molecule has 1 N–H and O–H groups in total. The summed E-state index contributed by atoms with van der Waals surface area (Å²) < 4.78 is 1.73. The Balaban J connectivity index is 1.91. The molecule has 0 unspecified atom stereocenters. The van der Waals surface area contributed by atoms with Crippen LogP contribution in [0.5, 0.6) is 0 Å². The first-order valence-corrected chi connectivity index (χ1v) is 7.58. The van der Waals surface area contributed by atoms with E-state index in [0.717, 1.165) is 6.54 Å². The van der Waals surface area contributed by atoms with Gasteiger partial charge in [0.2, 0.25) is 5.16 Å². The molecule has 2 heterocycles. The average molecular weight is 274 g/mol. The number of nitrogens with zero attached hydrogens (tertiary/aromatic N) is 4. The van der Waals surface area contributed by atoms with Crippen molar-refractivity contribution in [3.63, 3.8) is 0 Å². The molecule has 6 nitrogen and oxygen atoms in total. The second-order valence-electron chi connectivity index (χ2n) is 3.88. The van der Waals surface area contributed by atoms with Gasteiger partial charge in [-0.1, -0.05) is 11.8 Å². The summed E-state index contributed by atoms with van der Waals surface area (Å²) in [5.74, 6) is 2.16. The van der Waals surface area contributed by atoms with Crippen LogP contribution in [0.4, 0.5) is 0 Å². The minimum atomic E-state index is -0.849. The summed E-state index contributed by atoms with van der Waals surface area (Å²) in [6.07, 6.45) is 2.38. The fourth-order valence-electron chi connectivity index (χ4n) is 1.71. The van der Waals surface area contributed by atoms with Crippen molar-refractivity contribution in [2.24, 2.45) is 5.92 Å². The zero-order chi connectivity index (χ0) is 12.1. The fourth-order valence-corrected chi connectivity index (χ4v) is 3.53. The minimum absolute atomic E-state index is 0.000885. The number of carboxylic acids is 1. The highest BCUT2D eigenvalue weighted by atomic mass is 32.2. The standard InChI is InChI=1S/C9H14N4O2S2/c14-8(15)6-17-9-10-11-12-13(9)5-7-1-3-16-4-2-7/h7H,1-6H2,(H,14,15). The van der Waals surface area contributed by atoms with Gasteiger partial charge in [0.05, 0.1) is 5.75 Å². The molecule has 0 radical (unpaired) electrons. The molecule has 0 aliphatic carbocycles. The molecule has 1 aliphatic heterocycles. The number of thioether (sulfide) groups is 2. The van der Waals surface area contributed by atoms with Gasteiger partial charge < -0.3 is 5.11 Å². The molecule has 8 heteroatoms. The van der Waals surface area contributed by atoms with Crippen molar-refractivity contribution in [3.05, 3.63) is 0 Å². The predicted octanol–water partition coefficient (Wildman–Crippen LogP) is 0.993. The number of hydrogen-bond acceptors (Lipinski definition) is 6. The topological polar surface area (TPSA) is 80.9 Å².